The van der Waals surface area contributed by atoms with Crippen molar-refractivity contribution in [3.05, 3.63) is 0 Å². The van der Waals surface area contributed by atoms with Crippen molar-refractivity contribution >= 4 is 12.0 Å². The fourth-order valence-corrected chi connectivity index (χ4v) is 3.55. The van der Waals surface area contributed by atoms with Crippen molar-refractivity contribution in [3.63, 3.8) is 0 Å². The fourth-order valence-electron chi connectivity index (χ4n) is 3.55. The number of rotatable bonds is 2. The van der Waals surface area contributed by atoms with Gasteiger partial charge in [-0.1, -0.05) is 0 Å². The molecular weight excluding hydrogens is 270 g/mol. The fraction of sp³-hybridized carbons (Fsp3) is 0.867. The molecule has 0 saturated carbocycles. The monoisotopic (exact) mass is 295 g/mol. The number of nitrogens with one attached hydrogen (secondary N) is 1. The highest BCUT2D eigenvalue weighted by molar-refractivity contribution is 5.89. The Kier molecular flexibility index (Phi) is 3.59. The van der Waals surface area contributed by atoms with Gasteiger partial charge in [0.25, 0.3) is 0 Å². The molecule has 0 aliphatic carbocycles. The van der Waals surface area contributed by atoms with Crippen LogP contribution in [-0.4, -0.2) is 65.7 Å². The van der Waals surface area contributed by atoms with E-state index in [4.69, 9.17) is 4.74 Å². The third-order valence-electron chi connectivity index (χ3n) is 4.53. The largest absolute Gasteiger partial charge is 0.444 e. The smallest absolute Gasteiger partial charge is 0.411 e. The molecule has 118 valence electrons. The van der Waals surface area contributed by atoms with Crippen LogP contribution in [0.25, 0.3) is 0 Å². The van der Waals surface area contributed by atoms with Crippen LogP contribution in [0.3, 0.4) is 0 Å². The van der Waals surface area contributed by atoms with E-state index in [1.165, 1.54) is 0 Å². The topological polar surface area (TPSA) is 61.9 Å². The quantitative estimate of drug-likeness (QED) is 0.819. The first-order valence-corrected chi connectivity index (χ1v) is 7.86. The van der Waals surface area contributed by atoms with Crippen LogP contribution in [0.2, 0.25) is 0 Å². The second-order valence-corrected chi connectivity index (χ2v) is 7.39. The van der Waals surface area contributed by atoms with Gasteiger partial charge in [-0.2, -0.15) is 0 Å². The van der Waals surface area contributed by atoms with E-state index in [2.05, 4.69) is 5.32 Å². The molecule has 3 unspecified atom stereocenters. The summed E-state index contributed by atoms with van der Waals surface area (Å²) in [5.41, 5.74) is -0.517. The number of amides is 2. The molecule has 3 atom stereocenters. The highest BCUT2D eigenvalue weighted by Crippen LogP contribution is 2.33. The summed E-state index contributed by atoms with van der Waals surface area (Å²) >= 11 is 0. The van der Waals surface area contributed by atoms with Crippen molar-refractivity contribution in [2.45, 2.75) is 51.3 Å². The summed E-state index contributed by atoms with van der Waals surface area (Å²) in [6, 6.07) is -0.130. The predicted molar refractivity (Wildman–Crippen MR) is 77.8 cm³/mol. The van der Waals surface area contributed by atoms with Crippen molar-refractivity contribution < 1.29 is 14.3 Å². The van der Waals surface area contributed by atoms with Gasteiger partial charge in [0.2, 0.25) is 5.91 Å². The molecule has 2 amide bonds. The lowest BCUT2D eigenvalue weighted by Gasteiger charge is -2.35. The zero-order valence-corrected chi connectivity index (χ0v) is 13.1. The predicted octanol–water partition coefficient (Wildman–Crippen LogP) is 0.816. The van der Waals surface area contributed by atoms with Crippen LogP contribution in [0.4, 0.5) is 4.79 Å². The molecule has 0 aromatic carbocycles. The number of likely N-dealkylation sites (tertiary alicyclic amines) is 2. The molecule has 0 radical (unpaired) electrons. The normalized spacial score (nSPS) is 32.1. The van der Waals surface area contributed by atoms with Gasteiger partial charge >= 0.3 is 6.09 Å². The Bertz CT molecular complexity index is 440. The summed E-state index contributed by atoms with van der Waals surface area (Å²) in [5, 5.41) is 3.34. The average molecular weight is 295 g/mol. The number of carbonyl (C=O) groups is 2. The van der Waals surface area contributed by atoms with Gasteiger partial charge < -0.3 is 15.0 Å². The molecule has 6 nitrogen and oxygen atoms in total. The highest BCUT2D eigenvalue weighted by atomic mass is 16.6. The van der Waals surface area contributed by atoms with Crippen LogP contribution in [0.1, 0.15) is 33.6 Å². The van der Waals surface area contributed by atoms with E-state index >= 15 is 0 Å². The maximum Gasteiger partial charge on any atom is 0.411 e. The maximum atomic E-state index is 12.5. The third kappa shape index (κ3) is 2.86. The molecule has 3 heterocycles. The van der Waals surface area contributed by atoms with E-state index in [9.17, 15) is 9.59 Å². The minimum Gasteiger partial charge on any atom is -0.444 e. The molecule has 3 aliphatic rings. The van der Waals surface area contributed by atoms with Crippen LogP contribution in [0.15, 0.2) is 0 Å². The van der Waals surface area contributed by atoms with Crippen LogP contribution in [0, 0.1) is 5.92 Å². The Labute approximate surface area is 125 Å². The van der Waals surface area contributed by atoms with E-state index in [0.717, 1.165) is 32.5 Å². The van der Waals surface area contributed by atoms with E-state index in [1.807, 2.05) is 25.7 Å². The van der Waals surface area contributed by atoms with E-state index in [-0.39, 0.29) is 24.1 Å². The number of carbonyl (C=O) groups excluding carboxylic acids is 2. The van der Waals surface area contributed by atoms with E-state index in [0.29, 0.717) is 12.5 Å². The lowest BCUT2D eigenvalue weighted by atomic mass is 10.1. The zero-order valence-electron chi connectivity index (χ0n) is 13.1. The molecule has 0 aromatic heterocycles. The van der Waals surface area contributed by atoms with Gasteiger partial charge in [-0.05, 0) is 52.6 Å². The molecular formula is C15H25N3O3. The lowest BCUT2D eigenvalue weighted by molar-refractivity contribution is -0.137. The van der Waals surface area contributed by atoms with Crippen molar-refractivity contribution in [3.8, 4) is 0 Å². The molecule has 3 fully saturated rings. The summed E-state index contributed by atoms with van der Waals surface area (Å²) in [4.78, 5) is 28.3. The number of hydrogen-bond acceptors (Lipinski definition) is 4. The first kappa shape index (κ1) is 14.6. The van der Waals surface area contributed by atoms with Crippen LogP contribution >= 0.6 is 0 Å². The van der Waals surface area contributed by atoms with Gasteiger partial charge in [-0.15, -0.1) is 0 Å². The average Bonchev–Trinajstić information content (AvgIpc) is 3.06. The van der Waals surface area contributed by atoms with Crippen LogP contribution < -0.4 is 5.32 Å². The second kappa shape index (κ2) is 5.16. The molecule has 3 rings (SSSR count). The third-order valence-corrected chi connectivity index (χ3v) is 4.53. The zero-order chi connectivity index (χ0) is 15.2. The first-order chi connectivity index (χ1) is 9.85. The second-order valence-electron chi connectivity index (χ2n) is 7.39. The Morgan fingerprint density at radius 1 is 1.43 bits per heavy atom. The standard InChI is InChI=1S/C15H25N3O3/c1-15(2,3)21-14(20)18-9-11-6-12(18)13(19)17(11)8-10-4-5-16-7-10/h10-12,16H,4-9H2,1-3H3. The Hall–Kier alpha value is -1.30. The van der Waals surface area contributed by atoms with Gasteiger partial charge in [0.15, 0.2) is 0 Å². The molecule has 2 bridgehead atoms. The number of nitrogens with zero attached hydrogens (tertiary/aromatic N) is 2. The minimum absolute atomic E-state index is 0.101. The molecule has 1 N–H and O–H groups in total. The van der Waals surface area contributed by atoms with Gasteiger partial charge in [0.05, 0.1) is 6.04 Å². The number of fused-ring (bicyclic) bond motifs is 2. The Balaban J connectivity index is 1.60. The number of ether oxygens (including phenoxy) is 1. The number of piperazine rings is 1. The lowest BCUT2D eigenvalue weighted by Crippen LogP contribution is -2.54. The molecule has 21 heavy (non-hydrogen) atoms. The van der Waals surface area contributed by atoms with Crippen molar-refractivity contribution in [2.24, 2.45) is 5.92 Å². The molecule has 3 saturated heterocycles. The van der Waals surface area contributed by atoms with E-state index < -0.39 is 5.60 Å². The van der Waals surface area contributed by atoms with Gasteiger partial charge in [0.1, 0.15) is 11.6 Å². The van der Waals surface area contributed by atoms with Crippen LogP contribution in [-0.2, 0) is 9.53 Å². The van der Waals surface area contributed by atoms with Crippen molar-refractivity contribution in [1.29, 1.82) is 0 Å². The number of hydrogen-bond donors (Lipinski definition) is 1. The molecule has 0 spiro atoms. The maximum absolute atomic E-state index is 12.5. The molecule has 3 aliphatic heterocycles. The van der Waals surface area contributed by atoms with E-state index in [1.54, 1.807) is 4.90 Å². The molecule has 6 heteroatoms. The summed E-state index contributed by atoms with van der Waals surface area (Å²) in [5.74, 6) is 0.660. The van der Waals surface area contributed by atoms with Crippen LogP contribution in [0.5, 0.6) is 0 Å². The van der Waals surface area contributed by atoms with Gasteiger partial charge in [-0.25, -0.2) is 4.79 Å². The minimum atomic E-state index is -0.517. The van der Waals surface area contributed by atoms with Gasteiger partial charge in [0, 0.05) is 13.1 Å². The highest BCUT2D eigenvalue weighted by Gasteiger charge is 2.52. The molecule has 0 aromatic rings. The summed E-state index contributed by atoms with van der Waals surface area (Å²) in [6.07, 6.45) is 1.54. The van der Waals surface area contributed by atoms with Gasteiger partial charge in [-0.3, -0.25) is 9.69 Å². The first-order valence-electron chi connectivity index (χ1n) is 7.86. The Morgan fingerprint density at radius 3 is 2.76 bits per heavy atom. The summed E-state index contributed by atoms with van der Waals surface area (Å²) in [6.45, 7) is 9.03. The van der Waals surface area contributed by atoms with Crippen molar-refractivity contribution in [1.82, 2.24) is 15.1 Å². The SMILES string of the molecule is CC(C)(C)OC(=O)N1CC2CC1C(=O)N2CC1CCNC1. The summed E-state index contributed by atoms with van der Waals surface area (Å²) in [7, 11) is 0. The summed E-state index contributed by atoms with van der Waals surface area (Å²) < 4.78 is 5.40. The Morgan fingerprint density at radius 2 is 2.19 bits per heavy atom. The van der Waals surface area contributed by atoms with Crippen molar-refractivity contribution in [2.75, 3.05) is 26.2 Å².